The van der Waals surface area contributed by atoms with Crippen LogP contribution in [-0.4, -0.2) is 55.8 Å². The molecule has 1 aliphatic heterocycles. The Balaban J connectivity index is 2.47. The normalized spacial score (nSPS) is 19.8. The first-order valence-electron chi connectivity index (χ1n) is 5.33. The summed E-state index contributed by atoms with van der Waals surface area (Å²) in [6.45, 7) is -0.361. The van der Waals surface area contributed by atoms with Crippen LogP contribution in [0, 0.1) is 5.92 Å². The lowest BCUT2D eigenvalue weighted by atomic mass is 9.97. The molecule has 0 saturated carbocycles. The van der Waals surface area contributed by atoms with E-state index in [1.807, 2.05) is 11.9 Å². The molecule has 0 unspecified atom stereocenters. The second kappa shape index (κ2) is 5.45. The molecule has 0 spiro atoms. The van der Waals surface area contributed by atoms with Crippen molar-refractivity contribution in [3.8, 4) is 0 Å². The molecule has 1 aliphatic rings. The van der Waals surface area contributed by atoms with Crippen LogP contribution < -0.4 is 0 Å². The number of likely N-dealkylation sites (tertiary alicyclic amines) is 1. The molecule has 1 saturated heterocycles. The Kier molecular flexibility index (Phi) is 4.62. The number of carbonyl (C=O) groups excluding carboxylic acids is 1. The number of ether oxygens (including phenoxy) is 1. The van der Waals surface area contributed by atoms with Crippen molar-refractivity contribution in [2.75, 3.05) is 26.7 Å². The smallest absolute Gasteiger partial charge is 0.402 e. The van der Waals surface area contributed by atoms with E-state index in [1.165, 1.54) is 0 Å². The van der Waals surface area contributed by atoms with Gasteiger partial charge >= 0.3 is 21.3 Å². The Labute approximate surface area is 104 Å². The molecule has 0 aromatic carbocycles. The van der Waals surface area contributed by atoms with Crippen LogP contribution in [0.2, 0.25) is 0 Å². The van der Waals surface area contributed by atoms with Gasteiger partial charge in [-0.25, -0.2) is 0 Å². The second-order valence-corrected chi connectivity index (χ2v) is 5.85. The van der Waals surface area contributed by atoms with Crippen LogP contribution in [-0.2, 0) is 19.6 Å². The van der Waals surface area contributed by atoms with Crippen molar-refractivity contribution in [3.63, 3.8) is 0 Å². The fraction of sp³-hybridized carbons (Fsp3) is 0.889. The van der Waals surface area contributed by atoms with Crippen molar-refractivity contribution in [1.29, 1.82) is 0 Å². The summed E-state index contributed by atoms with van der Waals surface area (Å²) in [7, 11) is -3.69. The molecule has 0 aromatic rings. The summed E-state index contributed by atoms with van der Waals surface area (Å²) in [4.78, 5) is 13.4. The first kappa shape index (κ1) is 15.3. The van der Waals surface area contributed by atoms with Gasteiger partial charge in [-0.05, 0) is 33.0 Å². The summed E-state index contributed by atoms with van der Waals surface area (Å²) in [5, 5.41) is -4.46. The maximum absolute atomic E-state index is 12.8. The predicted octanol–water partition coefficient (Wildman–Crippen LogP) is 0.352. The lowest BCUT2D eigenvalue weighted by Crippen LogP contribution is -2.38. The van der Waals surface area contributed by atoms with Gasteiger partial charge < -0.3 is 9.64 Å². The number of halogens is 2. The van der Waals surface area contributed by atoms with Gasteiger partial charge in [-0.1, -0.05) is 0 Å². The van der Waals surface area contributed by atoms with Crippen LogP contribution in [0.3, 0.4) is 0 Å². The molecule has 1 rings (SSSR count). The van der Waals surface area contributed by atoms with Gasteiger partial charge in [0, 0.05) is 0 Å². The summed E-state index contributed by atoms with van der Waals surface area (Å²) in [6.07, 6.45) is 0.958. The molecule has 0 radical (unpaired) electrons. The average Bonchev–Trinajstić information content (AvgIpc) is 2.25. The Morgan fingerprint density at radius 2 is 1.94 bits per heavy atom. The van der Waals surface area contributed by atoms with Crippen molar-refractivity contribution in [2.45, 2.75) is 18.1 Å². The van der Waals surface area contributed by atoms with E-state index in [1.54, 1.807) is 0 Å². The molecule has 1 N–H and O–H groups in total. The van der Waals surface area contributed by atoms with Gasteiger partial charge in [0.25, 0.3) is 0 Å². The monoisotopic (exact) mass is 287 g/mol. The van der Waals surface area contributed by atoms with E-state index >= 15 is 0 Å². The van der Waals surface area contributed by atoms with Gasteiger partial charge in [-0.15, -0.1) is 0 Å². The van der Waals surface area contributed by atoms with Crippen LogP contribution in [0.15, 0.2) is 0 Å². The molecule has 0 bridgehead atoms. The first-order chi connectivity index (χ1) is 8.13. The number of hydrogen-bond donors (Lipinski definition) is 1. The highest BCUT2D eigenvalue weighted by atomic mass is 32.2. The summed E-state index contributed by atoms with van der Waals surface area (Å²) in [5.41, 5.74) is 0. The third-order valence-corrected chi connectivity index (χ3v) is 3.68. The van der Waals surface area contributed by atoms with E-state index < -0.39 is 33.9 Å². The number of esters is 1. The fourth-order valence-electron chi connectivity index (χ4n) is 1.59. The third kappa shape index (κ3) is 3.85. The number of rotatable bonds is 4. The maximum atomic E-state index is 12.8. The zero-order chi connectivity index (χ0) is 14.0. The average molecular weight is 287 g/mol. The molecule has 1 heterocycles. The Morgan fingerprint density at radius 3 is 2.39 bits per heavy atom. The minimum atomic E-state index is -5.56. The van der Waals surface area contributed by atoms with E-state index in [9.17, 15) is 22.0 Å². The van der Waals surface area contributed by atoms with Gasteiger partial charge in [0.05, 0.1) is 5.92 Å². The van der Waals surface area contributed by atoms with Crippen LogP contribution in [0.5, 0.6) is 0 Å². The lowest BCUT2D eigenvalue weighted by Gasteiger charge is -2.27. The maximum Gasteiger partial charge on any atom is 0.402 e. The molecule has 106 valence electrons. The van der Waals surface area contributed by atoms with Crippen LogP contribution in [0.1, 0.15) is 12.8 Å². The van der Waals surface area contributed by atoms with Crippen molar-refractivity contribution in [1.82, 2.24) is 4.90 Å². The molecule has 6 nitrogen and oxygen atoms in total. The summed E-state index contributed by atoms with van der Waals surface area (Å²) in [6, 6.07) is 0. The van der Waals surface area contributed by atoms with Gasteiger partial charge in [-0.2, -0.15) is 17.2 Å². The standard InChI is InChI=1S/C9H15F2NO5S/c1-12-4-2-7(3-5-12)8(13)17-6-9(10,11)18(14,15)16/h7H,2-6H2,1H3,(H,14,15,16). The Hall–Kier alpha value is -0.800. The summed E-state index contributed by atoms with van der Waals surface area (Å²) < 4.78 is 58.7. The Bertz CT molecular complexity index is 403. The second-order valence-electron chi connectivity index (χ2n) is 4.30. The van der Waals surface area contributed by atoms with Gasteiger partial charge in [0.2, 0.25) is 0 Å². The number of carbonyl (C=O) groups is 1. The van der Waals surface area contributed by atoms with Crippen LogP contribution in [0.25, 0.3) is 0 Å². The quantitative estimate of drug-likeness (QED) is 0.593. The van der Waals surface area contributed by atoms with Crippen molar-refractivity contribution in [3.05, 3.63) is 0 Å². The molecule has 0 aromatic heterocycles. The van der Waals surface area contributed by atoms with E-state index in [0.717, 1.165) is 0 Å². The molecule has 9 heteroatoms. The predicted molar refractivity (Wildman–Crippen MR) is 57.7 cm³/mol. The fourth-order valence-corrected chi connectivity index (χ4v) is 1.80. The lowest BCUT2D eigenvalue weighted by molar-refractivity contribution is -0.156. The minimum absolute atomic E-state index is 0.479. The zero-order valence-electron chi connectivity index (χ0n) is 9.80. The summed E-state index contributed by atoms with van der Waals surface area (Å²) in [5.74, 6) is -1.36. The third-order valence-electron chi connectivity index (χ3n) is 2.81. The van der Waals surface area contributed by atoms with Gasteiger partial charge in [0.15, 0.2) is 6.61 Å². The molecule has 18 heavy (non-hydrogen) atoms. The molecule has 1 fully saturated rings. The van der Waals surface area contributed by atoms with E-state index in [-0.39, 0.29) is 0 Å². The SMILES string of the molecule is CN1CCC(C(=O)OCC(F)(F)S(=O)(=O)O)CC1. The van der Waals surface area contributed by atoms with Gasteiger partial charge in [0.1, 0.15) is 0 Å². The first-order valence-corrected chi connectivity index (χ1v) is 6.77. The molecular weight excluding hydrogens is 272 g/mol. The van der Waals surface area contributed by atoms with Crippen LogP contribution in [0.4, 0.5) is 8.78 Å². The largest absolute Gasteiger partial charge is 0.458 e. The van der Waals surface area contributed by atoms with Crippen molar-refractivity contribution < 1.29 is 31.3 Å². The number of nitrogens with zero attached hydrogens (tertiary/aromatic N) is 1. The van der Waals surface area contributed by atoms with E-state index in [0.29, 0.717) is 25.9 Å². The number of piperidine rings is 1. The zero-order valence-corrected chi connectivity index (χ0v) is 10.6. The minimum Gasteiger partial charge on any atom is -0.458 e. The summed E-state index contributed by atoms with van der Waals surface area (Å²) >= 11 is 0. The highest BCUT2D eigenvalue weighted by Gasteiger charge is 2.46. The number of hydrogen-bond acceptors (Lipinski definition) is 5. The van der Waals surface area contributed by atoms with Crippen molar-refractivity contribution >= 4 is 16.1 Å². The molecule has 0 atom stereocenters. The highest BCUT2D eigenvalue weighted by Crippen LogP contribution is 2.23. The van der Waals surface area contributed by atoms with Gasteiger partial charge in [-0.3, -0.25) is 9.35 Å². The van der Waals surface area contributed by atoms with E-state index in [2.05, 4.69) is 4.74 Å². The Morgan fingerprint density at radius 1 is 1.44 bits per heavy atom. The highest BCUT2D eigenvalue weighted by molar-refractivity contribution is 7.86. The van der Waals surface area contributed by atoms with Crippen molar-refractivity contribution in [2.24, 2.45) is 5.92 Å². The number of alkyl halides is 2. The van der Waals surface area contributed by atoms with E-state index in [4.69, 9.17) is 4.55 Å². The topological polar surface area (TPSA) is 83.9 Å². The molecular formula is C9H15F2NO5S. The molecule has 0 aliphatic carbocycles. The van der Waals surface area contributed by atoms with Crippen LogP contribution >= 0.6 is 0 Å². The molecule has 0 amide bonds.